The molecule has 2 nitrogen and oxygen atoms in total. The molecular formula is C12H13Cl2NO. The number of benzene rings is 1. The first-order valence-corrected chi connectivity index (χ1v) is 6.13. The lowest BCUT2D eigenvalue weighted by molar-refractivity contribution is -0.129. The fourth-order valence-corrected chi connectivity index (χ4v) is 2.33. The number of hydrogen-bond acceptors (Lipinski definition) is 1. The highest BCUT2D eigenvalue weighted by Crippen LogP contribution is 2.19. The number of hydrogen-bond donors (Lipinski definition) is 0. The van der Waals surface area contributed by atoms with Crippen LogP contribution in [0.1, 0.15) is 12.0 Å². The van der Waals surface area contributed by atoms with Crippen molar-refractivity contribution in [2.45, 2.75) is 18.2 Å². The minimum absolute atomic E-state index is 0.107. The van der Waals surface area contributed by atoms with Crippen LogP contribution in [0.15, 0.2) is 24.3 Å². The van der Waals surface area contributed by atoms with E-state index in [1.807, 2.05) is 18.2 Å². The van der Waals surface area contributed by atoms with Gasteiger partial charge in [0, 0.05) is 18.1 Å². The lowest BCUT2D eigenvalue weighted by Gasteiger charge is -2.15. The number of likely N-dealkylation sites (tertiary alicyclic amines) is 1. The molecule has 1 aliphatic rings. The number of amides is 1. The van der Waals surface area contributed by atoms with E-state index in [4.69, 9.17) is 23.2 Å². The van der Waals surface area contributed by atoms with Gasteiger partial charge in [-0.05, 0) is 18.1 Å². The van der Waals surface area contributed by atoms with E-state index in [2.05, 4.69) is 0 Å². The van der Waals surface area contributed by atoms with Gasteiger partial charge in [0.05, 0.1) is 11.8 Å². The van der Waals surface area contributed by atoms with Crippen molar-refractivity contribution < 1.29 is 4.79 Å². The summed E-state index contributed by atoms with van der Waals surface area (Å²) in [5, 5.41) is 0.757. The highest BCUT2D eigenvalue weighted by atomic mass is 35.5. The molecule has 1 aromatic rings. The Kier molecular flexibility index (Phi) is 3.72. The Morgan fingerprint density at radius 3 is 2.81 bits per heavy atom. The van der Waals surface area contributed by atoms with Gasteiger partial charge >= 0.3 is 0 Å². The number of halogens is 2. The normalized spacial score (nSPS) is 20.1. The summed E-state index contributed by atoms with van der Waals surface area (Å²) in [5.74, 6) is 0.108. The van der Waals surface area contributed by atoms with Crippen molar-refractivity contribution in [3.63, 3.8) is 0 Å². The predicted molar refractivity (Wildman–Crippen MR) is 66.0 cm³/mol. The Morgan fingerprint density at radius 2 is 2.19 bits per heavy atom. The van der Waals surface area contributed by atoms with Crippen LogP contribution in [0.3, 0.4) is 0 Å². The van der Waals surface area contributed by atoms with Crippen molar-refractivity contribution in [3.05, 3.63) is 34.9 Å². The van der Waals surface area contributed by atoms with Gasteiger partial charge in [-0.2, -0.15) is 0 Å². The smallest absolute Gasteiger partial charge is 0.227 e. The molecule has 1 aliphatic heterocycles. The van der Waals surface area contributed by atoms with Crippen LogP contribution in [0.25, 0.3) is 0 Å². The fourth-order valence-electron chi connectivity index (χ4n) is 1.86. The lowest BCUT2D eigenvalue weighted by Crippen LogP contribution is -2.30. The molecule has 86 valence electrons. The Labute approximate surface area is 105 Å². The van der Waals surface area contributed by atoms with E-state index in [-0.39, 0.29) is 11.3 Å². The second-order valence-electron chi connectivity index (χ2n) is 3.99. The molecule has 0 spiro atoms. The summed E-state index contributed by atoms with van der Waals surface area (Å²) >= 11 is 12.0. The monoisotopic (exact) mass is 257 g/mol. The molecule has 0 aliphatic carbocycles. The van der Waals surface area contributed by atoms with Crippen LogP contribution >= 0.6 is 23.2 Å². The third-order valence-corrected chi connectivity index (χ3v) is 3.51. The fraction of sp³-hybridized carbons (Fsp3) is 0.417. The van der Waals surface area contributed by atoms with Gasteiger partial charge in [-0.15, -0.1) is 11.6 Å². The lowest BCUT2D eigenvalue weighted by atomic mass is 10.1. The first kappa shape index (κ1) is 11.7. The standard InChI is InChI=1S/C12H13Cl2NO/c13-10-5-6-15(8-10)12(16)7-9-3-1-2-4-11(9)14/h1-4,10H,5-8H2. The van der Waals surface area contributed by atoms with Gasteiger partial charge < -0.3 is 4.90 Å². The average molecular weight is 258 g/mol. The van der Waals surface area contributed by atoms with E-state index in [1.54, 1.807) is 11.0 Å². The number of carbonyl (C=O) groups is 1. The number of rotatable bonds is 2. The van der Waals surface area contributed by atoms with E-state index in [0.717, 1.165) is 18.5 Å². The van der Waals surface area contributed by atoms with Crippen LogP contribution in [0.2, 0.25) is 5.02 Å². The van der Waals surface area contributed by atoms with Crippen LogP contribution in [0, 0.1) is 0 Å². The molecule has 1 amide bonds. The molecule has 1 fully saturated rings. The summed E-state index contributed by atoms with van der Waals surface area (Å²) in [6.07, 6.45) is 1.25. The van der Waals surface area contributed by atoms with Gasteiger partial charge in [-0.3, -0.25) is 4.79 Å². The van der Waals surface area contributed by atoms with E-state index >= 15 is 0 Å². The zero-order valence-corrected chi connectivity index (χ0v) is 10.3. The zero-order valence-electron chi connectivity index (χ0n) is 8.83. The van der Waals surface area contributed by atoms with Crippen molar-refractivity contribution in [2.24, 2.45) is 0 Å². The van der Waals surface area contributed by atoms with Crippen molar-refractivity contribution in [1.82, 2.24) is 4.90 Å². The quantitative estimate of drug-likeness (QED) is 0.747. The summed E-state index contributed by atoms with van der Waals surface area (Å²) in [6.45, 7) is 1.42. The number of alkyl halides is 1. The van der Waals surface area contributed by atoms with Crippen LogP contribution in [-0.2, 0) is 11.2 Å². The molecule has 2 rings (SSSR count). The summed E-state index contributed by atoms with van der Waals surface area (Å²) in [6, 6.07) is 7.44. The van der Waals surface area contributed by atoms with E-state index < -0.39 is 0 Å². The Balaban J connectivity index is 2.00. The Morgan fingerprint density at radius 1 is 1.44 bits per heavy atom. The second-order valence-corrected chi connectivity index (χ2v) is 5.02. The van der Waals surface area contributed by atoms with Crippen molar-refractivity contribution in [2.75, 3.05) is 13.1 Å². The van der Waals surface area contributed by atoms with Crippen molar-refractivity contribution >= 4 is 29.1 Å². The van der Waals surface area contributed by atoms with E-state index in [0.29, 0.717) is 18.0 Å². The van der Waals surface area contributed by atoms with Crippen LogP contribution in [0.4, 0.5) is 0 Å². The summed E-state index contributed by atoms with van der Waals surface area (Å²) in [7, 11) is 0. The molecule has 1 unspecified atom stereocenters. The van der Waals surface area contributed by atoms with Crippen molar-refractivity contribution in [1.29, 1.82) is 0 Å². The largest absolute Gasteiger partial charge is 0.341 e. The minimum atomic E-state index is 0.107. The summed E-state index contributed by atoms with van der Waals surface area (Å²) < 4.78 is 0. The zero-order chi connectivity index (χ0) is 11.5. The first-order valence-electron chi connectivity index (χ1n) is 5.32. The maximum Gasteiger partial charge on any atom is 0.227 e. The molecule has 16 heavy (non-hydrogen) atoms. The molecule has 1 atom stereocenters. The predicted octanol–water partition coefficient (Wildman–Crippen LogP) is 2.72. The Bertz CT molecular complexity index is 394. The van der Waals surface area contributed by atoms with Gasteiger partial charge in [0.15, 0.2) is 0 Å². The molecule has 1 aromatic carbocycles. The first-order chi connectivity index (χ1) is 7.66. The maximum absolute atomic E-state index is 11.9. The van der Waals surface area contributed by atoms with Crippen LogP contribution in [0.5, 0.6) is 0 Å². The maximum atomic E-state index is 11.9. The highest BCUT2D eigenvalue weighted by Gasteiger charge is 2.24. The topological polar surface area (TPSA) is 20.3 Å². The van der Waals surface area contributed by atoms with Crippen LogP contribution < -0.4 is 0 Å². The van der Waals surface area contributed by atoms with Gasteiger partial charge in [-0.25, -0.2) is 0 Å². The van der Waals surface area contributed by atoms with Crippen LogP contribution in [-0.4, -0.2) is 29.3 Å². The summed E-state index contributed by atoms with van der Waals surface area (Å²) in [4.78, 5) is 13.7. The third kappa shape index (κ3) is 2.69. The molecule has 0 N–H and O–H groups in total. The van der Waals surface area contributed by atoms with Gasteiger partial charge in [0.2, 0.25) is 5.91 Å². The molecule has 4 heteroatoms. The summed E-state index contributed by atoms with van der Waals surface area (Å²) in [5.41, 5.74) is 0.882. The van der Waals surface area contributed by atoms with Gasteiger partial charge in [0.1, 0.15) is 0 Å². The SMILES string of the molecule is O=C(Cc1ccccc1Cl)N1CCC(Cl)C1. The molecular weight excluding hydrogens is 245 g/mol. The molecule has 0 aromatic heterocycles. The molecule has 0 bridgehead atoms. The molecule has 0 radical (unpaired) electrons. The molecule has 0 saturated carbocycles. The minimum Gasteiger partial charge on any atom is -0.341 e. The number of nitrogens with zero attached hydrogens (tertiary/aromatic N) is 1. The average Bonchev–Trinajstić information content (AvgIpc) is 2.68. The van der Waals surface area contributed by atoms with E-state index in [9.17, 15) is 4.79 Å². The van der Waals surface area contributed by atoms with Gasteiger partial charge in [-0.1, -0.05) is 29.8 Å². The molecule has 1 heterocycles. The number of carbonyl (C=O) groups excluding carboxylic acids is 1. The third-order valence-electron chi connectivity index (χ3n) is 2.78. The molecule has 1 saturated heterocycles. The second kappa shape index (κ2) is 5.07. The Hall–Kier alpha value is -0.730. The van der Waals surface area contributed by atoms with Crippen molar-refractivity contribution in [3.8, 4) is 0 Å². The highest BCUT2D eigenvalue weighted by molar-refractivity contribution is 6.31. The van der Waals surface area contributed by atoms with E-state index in [1.165, 1.54) is 0 Å². The van der Waals surface area contributed by atoms with Gasteiger partial charge in [0.25, 0.3) is 0 Å².